The summed E-state index contributed by atoms with van der Waals surface area (Å²) in [6.07, 6.45) is 2.66. The summed E-state index contributed by atoms with van der Waals surface area (Å²) in [5.41, 5.74) is 6.13. The van der Waals surface area contributed by atoms with Crippen molar-refractivity contribution in [3.8, 4) is 17.0 Å². The van der Waals surface area contributed by atoms with E-state index in [0.29, 0.717) is 5.02 Å². The summed E-state index contributed by atoms with van der Waals surface area (Å²) < 4.78 is 5.34. The molecule has 2 aromatic heterocycles. The summed E-state index contributed by atoms with van der Waals surface area (Å²) >= 11 is 6.07. The molecule has 1 N–H and O–H groups in total. The second-order valence-corrected chi connectivity index (χ2v) is 9.24. The second kappa shape index (κ2) is 9.88. The standard InChI is InChI=1S/C31H23ClN4O/c1-37-25-14-15-26-22(16-17-33-29(26)19-25)18-20-6-12-24(13-7-20)34-31-28-5-3-2-4-27(28)30(35-36-31)21-8-10-23(32)11-9-21/h2-17,19H,18H2,1H3,(H,34,36). The Morgan fingerprint density at radius 2 is 1.57 bits per heavy atom. The molecule has 6 aromatic rings. The number of ether oxygens (including phenoxy) is 1. The van der Waals surface area contributed by atoms with Crippen molar-refractivity contribution in [1.29, 1.82) is 0 Å². The van der Waals surface area contributed by atoms with E-state index in [-0.39, 0.29) is 0 Å². The van der Waals surface area contributed by atoms with Gasteiger partial charge in [-0.1, -0.05) is 60.1 Å². The number of halogens is 1. The predicted molar refractivity (Wildman–Crippen MR) is 151 cm³/mol. The topological polar surface area (TPSA) is 59.9 Å². The van der Waals surface area contributed by atoms with E-state index in [1.54, 1.807) is 7.11 Å². The minimum Gasteiger partial charge on any atom is -0.497 e. The Bertz CT molecular complexity index is 1720. The van der Waals surface area contributed by atoms with Gasteiger partial charge in [0, 0.05) is 44.7 Å². The maximum Gasteiger partial charge on any atom is 0.161 e. The highest BCUT2D eigenvalue weighted by Crippen LogP contribution is 2.32. The zero-order valence-electron chi connectivity index (χ0n) is 20.1. The lowest BCUT2D eigenvalue weighted by atomic mass is 10.0. The molecule has 180 valence electrons. The normalized spacial score (nSPS) is 11.1. The average Bonchev–Trinajstić information content (AvgIpc) is 2.95. The van der Waals surface area contributed by atoms with Crippen molar-refractivity contribution < 1.29 is 4.74 Å². The first-order valence-electron chi connectivity index (χ1n) is 12.0. The molecular weight excluding hydrogens is 480 g/mol. The summed E-state index contributed by atoms with van der Waals surface area (Å²) in [5.74, 6) is 1.53. The number of nitrogens with one attached hydrogen (secondary N) is 1. The Kier molecular flexibility index (Phi) is 6.13. The largest absolute Gasteiger partial charge is 0.497 e. The van der Waals surface area contributed by atoms with Crippen molar-refractivity contribution in [2.45, 2.75) is 6.42 Å². The minimum atomic E-state index is 0.695. The lowest BCUT2D eigenvalue weighted by Gasteiger charge is -2.12. The van der Waals surface area contributed by atoms with Gasteiger partial charge in [-0.2, -0.15) is 0 Å². The van der Waals surface area contributed by atoms with Crippen LogP contribution < -0.4 is 10.1 Å². The quantitative estimate of drug-likeness (QED) is 0.251. The van der Waals surface area contributed by atoms with Crippen molar-refractivity contribution in [2.75, 3.05) is 12.4 Å². The first kappa shape index (κ1) is 23.0. The molecular formula is C31H23ClN4O. The van der Waals surface area contributed by atoms with Gasteiger partial charge in [-0.05, 0) is 60.0 Å². The number of anilines is 2. The average molecular weight is 503 g/mol. The minimum absolute atomic E-state index is 0.695. The number of methoxy groups -OCH3 is 1. The summed E-state index contributed by atoms with van der Waals surface area (Å²) in [4.78, 5) is 4.50. The van der Waals surface area contributed by atoms with Crippen LogP contribution in [0.2, 0.25) is 5.02 Å². The molecule has 0 aliphatic heterocycles. The third-order valence-corrected chi connectivity index (χ3v) is 6.71. The van der Waals surface area contributed by atoms with Gasteiger partial charge in [-0.25, -0.2) is 0 Å². The van der Waals surface area contributed by atoms with Crippen LogP contribution in [0.15, 0.2) is 103 Å². The third kappa shape index (κ3) is 4.69. The molecule has 0 aliphatic carbocycles. The van der Waals surface area contributed by atoms with Crippen LogP contribution in [0.25, 0.3) is 32.9 Å². The highest BCUT2D eigenvalue weighted by molar-refractivity contribution is 6.30. The molecule has 0 bridgehead atoms. The molecule has 6 rings (SSSR count). The van der Waals surface area contributed by atoms with E-state index in [1.165, 1.54) is 11.1 Å². The van der Waals surface area contributed by atoms with E-state index in [0.717, 1.165) is 56.6 Å². The first-order valence-corrected chi connectivity index (χ1v) is 12.3. The SMILES string of the molecule is COc1ccc2c(Cc3ccc(Nc4nnc(-c5ccc(Cl)cc5)c5ccccc45)cc3)ccnc2c1. The zero-order valence-corrected chi connectivity index (χ0v) is 20.9. The van der Waals surface area contributed by atoms with Crippen molar-refractivity contribution in [3.63, 3.8) is 0 Å². The van der Waals surface area contributed by atoms with E-state index in [1.807, 2.05) is 54.7 Å². The fourth-order valence-electron chi connectivity index (χ4n) is 4.55. The Morgan fingerprint density at radius 1 is 0.784 bits per heavy atom. The van der Waals surface area contributed by atoms with Crippen LogP contribution in [0.1, 0.15) is 11.1 Å². The fraction of sp³-hybridized carbons (Fsp3) is 0.0645. The fourth-order valence-corrected chi connectivity index (χ4v) is 4.67. The van der Waals surface area contributed by atoms with Gasteiger partial charge >= 0.3 is 0 Å². The number of pyridine rings is 1. The summed E-state index contributed by atoms with van der Waals surface area (Å²) in [6, 6.07) is 32.3. The molecule has 6 heteroatoms. The lowest BCUT2D eigenvalue weighted by Crippen LogP contribution is -1.99. The van der Waals surface area contributed by atoms with Gasteiger partial charge in [0.1, 0.15) is 11.4 Å². The van der Waals surface area contributed by atoms with Crippen LogP contribution in [0.3, 0.4) is 0 Å². The van der Waals surface area contributed by atoms with E-state index < -0.39 is 0 Å². The molecule has 0 radical (unpaired) electrons. The Labute approximate surface area is 219 Å². The second-order valence-electron chi connectivity index (χ2n) is 8.80. The molecule has 0 unspecified atom stereocenters. The van der Waals surface area contributed by atoms with E-state index in [2.05, 4.69) is 69.0 Å². The molecule has 0 saturated heterocycles. The van der Waals surface area contributed by atoms with Gasteiger partial charge in [0.25, 0.3) is 0 Å². The molecule has 0 spiro atoms. The van der Waals surface area contributed by atoms with Crippen LogP contribution in [0.4, 0.5) is 11.5 Å². The molecule has 0 aliphatic rings. The number of hydrogen-bond acceptors (Lipinski definition) is 5. The maximum absolute atomic E-state index is 6.07. The molecule has 0 amide bonds. The van der Waals surface area contributed by atoms with Crippen LogP contribution in [-0.2, 0) is 6.42 Å². The highest BCUT2D eigenvalue weighted by atomic mass is 35.5. The van der Waals surface area contributed by atoms with E-state index >= 15 is 0 Å². The number of fused-ring (bicyclic) bond motifs is 2. The lowest BCUT2D eigenvalue weighted by molar-refractivity contribution is 0.415. The van der Waals surface area contributed by atoms with Crippen LogP contribution in [0.5, 0.6) is 5.75 Å². The molecule has 0 fully saturated rings. The number of rotatable bonds is 6. The van der Waals surface area contributed by atoms with Crippen molar-refractivity contribution in [2.24, 2.45) is 0 Å². The number of benzene rings is 4. The highest BCUT2D eigenvalue weighted by Gasteiger charge is 2.12. The summed E-state index contributed by atoms with van der Waals surface area (Å²) in [6.45, 7) is 0. The van der Waals surface area contributed by atoms with Gasteiger partial charge in [0.05, 0.1) is 12.6 Å². The van der Waals surface area contributed by atoms with E-state index in [4.69, 9.17) is 16.3 Å². The monoisotopic (exact) mass is 502 g/mol. The van der Waals surface area contributed by atoms with Crippen LogP contribution in [0, 0.1) is 0 Å². The van der Waals surface area contributed by atoms with Crippen LogP contribution >= 0.6 is 11.6 Å². The smallest absolute Gasteiger partial charge is 0.161 e. The van der Waals surface area contributed by atoms with Gasteiger partial charge in [0.2, 0.25) is 0 Å². The maximum atomic E-state index is 6.07. The third-order valence-electron chi connectivity index (χ3n) is 6.46. The van der Waals surface area contributed by atoms with Crippen molar-refractivity contribution in [3.05, 3.63) is 119 Å². The first-order chi connectivity index (χ1) is 18.2. The zero-order chi connectivity index (χ0) is 25.2. The number of nitrogens with zero attached hydrogens (tertiary/aromatic N) is 3. The van der Waals surface area contributed by atoms with Gasteiger partial charge in [0.15, 0.2) is 5.82 Å². The summed E-state index contributed by atoms with van der Waals surface area (Å²) in [5, 5.41) is 16.4. The van der Waals surface area contributed by atoms with Crippen LogP contribution in [-0.4, -0.2) is 22.3 Å². The summed E-state index contributed by atoms with van der Waals surface area (Å²) in [7, 11) is 1.67. The number of aromatic nitrogens is 3. The number of hydrogen-bond donors (Lipinski definition) is 1. The van der Waals surface area contributed by atoms with Gasteiger partial charge in [-0.15, -0.1) is 10.2 Å². The predicted octanol–water partition coefficient (Wildman–Crippen LogP) is 7.84. The molecule has 2 heterocycles. The van der Waals surface area contributed by atoms with Crippen molar-refractivity contribution >= 4 is 44.8 Å². The Hall–Kier alpha value is -4.48. The molecule has 4 aromatic carbocycles. The van der Waals surface area contributed by atoms with Crippen molar-refractivity contribution in [1.82, 2.24) is 15.2 Å². The molecule has 0 saturated carbocycles. The Morgan fingerprint density at radius 3 is 2.35 bits per heavy atom. The Balaban J connectivity index is 1.26. The molecule has 5 nitrogen and oxygen atoms in total. The van der Waals surface area contributed by atoms with Gasteiger partial charge in [-0.3, -0.25) is 4.98 Å². The van der Waals surface area contributed by atoms with Gasteiger partial charge < -0.3 is 10.1 Å². The van der Waals surface area contributed by atoms with E-state index in [9.17, 15) is 0 Å². The molecule has 0 atom stereocenters. The molecule has 37 heavy (non-hydrogen) atoms.